The first kappa shape index (κ1) is 25.2. The van der Waals surface area contributed by atoms with Gasteiger partial charge in [-0.05, 0) is 30.7 Å². The minimum Gasteiger partial charge on any atom is -0.497 e. The van der Waals surface area contributed by atoms with Gasteiger partial charge in [0.25, 0.3) is 5.56 Å². The topological polar surface area (TPSA) is 79.1 Å². The van der Waals surface area contributed by atoms with Crippen molar-refractivity contribution >= 4 is 29.1 Å². The highest BCUT2D eigenvalue weighted by Crippen LogP contribution is 2.35. The fraction of sp³-hybridized carbons (Fsp3) is 0.167. The number of aromatic nitrogens is 1. The summed E-state index contributed by atoms with van der Waals surface area (Å²) >= 11 is 1.27. The normalized spacial score (nSPS) is 15.0. The van der Waals surface area contributed by atoms with E-state index in [1.165, 1.54) is 11.3 Å². The van der Waals surface area contributed by atoms with E-state index in [1.807, 2.05) is 72.8 Å². The van der Waals surface area contributed by atoms with Crippen molar-refractivity contribution in [3.8, 4) is 11.5 Å². The van der Waals surface area contributed by atoms with Crippen molar-refractivity contribution in [3.05, 3.63) is 121 Å². The Morgan fingerprint density at radius 3 is 2.37 bits per heavy atom. The van der Waals surface area contributed by atoms with Gasteiger partial charge in [0.1, 0.15) is 11.5 Å². The molecule has 1 aliphatic rings. The first-order valence-corrected chi connectivity index (χ1v) is 12.9. The van der Waals surface area contributed by atoms with Gasteiger partial charge in [0, 0.05) is 17.2 Å². The summed E-state index contributed by atoms with van der Waals surface area (Å²) < 4.78 is 18.4. The molecule has 0 radical (unpaired) electrons. The summed E-state index contributed by atoms with van der Waals surface area (Å²) in [6.45, 7) is 1.96. The Labute approximate surface area is 223 Å². The summed E-state index contributed by atoms with van der Waals surface area (Å²) in [6, 6.07) is 23.7. The molecular weight excluding hydrogens is 500 g/mol. The van der Waals surface area contributed by atoms with Crippen LogP contribution in [0.3, 0.4) is 0 Å². The number of esters is 1. The van der Waals surface area contributed by atoms with Crippen LogP contribution in [-0.4, -0.2) is 31.4 Å². The second-order valence-electron chi connectivity index (χ2n) is 8.45. The van der Waals surface area contributed by atoms with Gasteiger partial charge in [-0.1, -0.05) is 72.0 Å². The second kappa shape index (κ2) is 10.9. The van der Waals surface area contributed by atoms with Crippen LogP contribution in [0.2, 0.25) is 0 Å². The number of hydrogen-bond acceptors (Lipinski definition) is 7. The van der Waals surface area contributed by atoms with E-state index in [0.29, 0.717) is 32.1 Å². The molecule has 0 amide bonds. The van der Waals surface area contributed by atoms with Gasteiger partial charge in [0.05, 0.1) is 42.7 Å². The molecule has 0 spiro atoms. The third kappa shape index (κ3) is 4.66. The van der Waals surface area contributed by atoms with Crippen LogP contribution in [0.15, 0.2) is 94.2 Å². The molecule has 1 aliphatic heterocycles. The average molecular weight is 527 g/mol. The van der Waals surface area contributed by atoms with Gasteiger partial charge in [-0.25, -0.2) is 9.79 Å². The lowest BCUT2D eigenvalue weighted by atomic mass is 9.93. The number of nitrogens with zero attached hydrogens (tertiary/aromatic N) is 2. The van der Waals surface area contributed by atoms with Gasteiger partial charge >= 0.3 is 5.97 Å². The molecule has 1 aromatic heterocycles. The Kier molecular flexibility index (Phi) is 7.24. The Bertz CT molecular complexity index is 1690. The lowest BCUT2D eigenvalue weighted by Gasteiger charge is -2.25. The maximum absolute atomic E-state index is 13.9. The molecule has 0 saturated carbocycles. The zero-order valence-electron chi connectivity index (χ0n) is 21.2. The number of ether oxygens (including phenoxy) is 3. The molecule has 4 aromatic rings. The Morgan fingerprint density at radius 1 is 1.00 bits per heavy atom. The highest BCUT2D eigenvalue weighted by Gasteiger charge is 2.35. The number of thiazole rings is 1. The van der Waals surface area contributed by atoms with Gasteiger partial charge in [-0.15, -0.1) is 0 Å². The fourth-order valence-corrected chi connectivity index (χ4v) is 5.46. The molecule has 0 N–H and O–H groups in total. The highest BCUT2D eigenvalue weighted by molar-refractivity contribution is 7.07. The molecule has 8 heteroatoms. The predicted molar refractivity (Wildman–Crippen MR) is 147 cm³/mol. The molecule has 0 fully saturated rings. The molecular formula is C30H26N2O5S. The van der Waals surface area contributed by atoms with Gasteiger partial charge in [-0.2, -0.15) is 0 Å². The Balaban J connectivity index is 1.81. The second-order valence-corrected chi connectivity index (χ2v) is 9.46. The summed E-state index contributed by atoms with van der Waals surface area (Å²) in [5, 5.41) is 0. The number of carbonyl (C=O) groups excluding carboxylic acids is 1. The largest absolute Gasteiger partial charge is 0.497 e. The third-order valence-electron chi connectivity index (χ3n) is 6.22. The maximum atomic E-state index is 13.9. The lowest BCUT2D eigenvalue weighted by molar-refractivity contribution is -0.138. The van der Waals surface area contributed by atoms with E-state index >= 15 is 0 Å². The van der Waals surface area contributed by atoms with E-state index < -0.39 is 12.0 Å². The molecule has 0 saturated heterocycles. The van der Waals surface area contributed by atoms with E-state index in [4.69, 9.17) is 19.2 Å². The standard InChI is InChI=1S/C30H26N2O5S/c1-4-37-29(34)25-26(19-11-7-5-8-12-19)31-30-32(27(25)20-13-9-6-10-14-20)28(33)24(38-30)17-21-15-16-22(35-2)18-23(21)36-3/h5-18,27H,4H2,1-3H3/b24-17-/t27-/m1/s1. The first-order chi connectivity index (χ1) is 18.5. The quantitative estimate of drug-likeness (QED) is 0.341. The van der Waals surface area contributed by atoms with Gasteiger partial charge in [0.2, 0.25) is 0 Å². The number of methoxy groups -OCH3 is 2. The number of fused-ring (bicyclic) bond motifs is 1. The fourth-order valence-electron chi connectivity index (χ4n) is 4.47. The van der Waals surface area contributed by atoms with Gasteiger partial charge < -0.3 is 14.2 Å². The molecule has 38 heavy (non-hydrogen) atoms. The zero-order chi connectivity index (χ0) is 26.6. The Morgan fingerprint density at radius 2 is 1.71 bits per heavy atom. The van der Waals surface area contributed by atoms with E-state index in [2.05, 4.69) is 0 Å². The minimum atomic E-state index is -0.707. The van der Waals surface area contributed by atoms with E-state index in [0.717, 1.165) is 16.7 Å². The van der Waals surface area contributed by atoms with Crippen LogP contribution < -0.4 is 24.4 Å². The van der Waals surface area contributed by atoms with Crippen LogP contribution >= 0.6 is 11.3 Å². The van der Waals surface area contributed by atoms with Crippen molar-refractivity contribution in [3.63, 3.8) is 0 Å². The van der Waals surface area contributed by atoms with E-state index in [-0.39, 0.29) is 12.2 Å². The first-order valence-electron chi connectivity index (χ1n) is 12.1. The maximum Gasteiger partial charge on any atom is 0.338 e. The molecule has 7 nitrogen and oxygen atoms in total. The molecule has 0 aliphatic carbocycles. The van der Waals surface area contributed by atoms with Crippen molar-refractivity contribution in [2.24, 2.45) is 4.99 Å². The van der Waals surface area contributed by atoms with Crippen molar-refractivity contribution < 1.29 is 19.0 Å². The van der Waals surface area contributed by atoms with Crippen LogP contribution in [0.4, 0.5) is 0 Å². The summed E-state index contributed by atoms with van der Waals surface area (Å²) in [7, 11) is 3.16. The SMILES string of the molecule is CCOC(=O)C1=C(c2ccccc2)N=c2s/c(=C\c3ccc(OC)cc3OC)c(=O)n2[C@@H]1c1ccccc1. The molecule has 2 heterocycles. The monoisotopic (exact) mass is 526 g/mol. The predicted octanol–water partition coefficient (Wildman–Crippen LogP) is 3.95. The van der Waals surface area contributed by atoms with Crippen LogP contribution in [0.1, 0.15) is 29.7 Å². The average Bonchev–Trinajstić information content (AvgIpc) is 3.27. The summed E-state index contributed by atoms with van der Waals surface area (Å²) in [5.74, 6) is 0.721. The smallest absolute Gasteiger partial charge is 0.338 e. The number of carbonyl (C=O) groups is 1. The molecule has 1 atom stereocenters. The molecule has 5 rings (SSSR count). The van der Waals surface area contributed by atoms with Crippen molar-refractivity contribution in [2.45, 2.75) is 13.0 Å². The Hall–Kier alpha value is -4.43. The molecule has 3 aromatic carbocycles. The van der Waals surface area contributed by atoms with E-state index in [9.17, 15) is 9.59 Å². The van der Waals surface area contributed by atoms with Crippen LogP contribution in [0, 0.1) is 0 Å². The number of hydrogen-bond donors (Lipinski definition) is 0. The summed E-state index contributed by atoms with van der Waals surface area (Å²) in [5.41, 5.74) is 2.84. The van der Waals surface area contributed by atoms with Crippen LogP contribution in [-0.2, 0) is 9.53 Å². The highest BCUT2D eigenvalue weighted by atomic mass is 32.1. The van der Waals surface area contributed by atoms with Gasteiger partial charge in [0.15, 0.2) is 4.80 Å². The van der Waals surface area contributed by atoms with Gasteiger partial charge in [-0.3, -0.25) is 9.36 Å². The molecule has 0 unspecified atom stereocenters. The molecule has 0 bridgehead atoms. The van der Waals surface area contributed by atoms with Crippen LogP contribution in [0.25, 0.3) is 11.8 Å². The van der Waals surface area contributed by atoms with Crippen molar-refractivity contribution in [1.29, 1.82) is 0 Å². The van der Waals surface area contributed by atoms with Crippen molar-refractivity contribution in [2.75, 3.05) is 20.8 Å². The third-order valence-corrected chi connectivity index (χ3v) is 7.20. The summed E-state index contributed by atoms with van der Waals surface area (Å²) in [4.78, 5) is 32.7. The summed E-state index contributed by atoms with van der Waals surface area (Å²) in [6.07, 6.45) is 1.78. The number of rotatable bonds is 7. The lowest BCUT2D eigenvalue weighted by Crippen LogP contribution is -2.40. The number of benzene rings is 3. The minimum absolute atomic E-state index is 0.202. The molecule has 192 valence electrons. The van der Waals surface area contributed by atoms with E-state index in [1.54, 1.807) is 37.9 Å². The van der Waals surface area contributed by atoms with Crippen LogP contribution in [0.5, 0.6) is 11.5 Å². The zero-order valence-corrected chi connectivity index (χ0v) is 22.0. The van der Waals surface area contributed by atoms with Crippen molar-refractivity contribution in [1.82, 2.24) is 4.57 Å².